The Hall–Kier alpha value is -2.99. The molecule has 3 aromatic rings. The van der Waals surface area contributed by atoms with Gasteiger partial charge in [0.1, 0.15) is 17.3 Å². The molecule has 2 aromatic heterocycles. The van der Waals surface area contributed by atoms with Crippen LogP contribution in [0.4, 0.5) is 20.7 Å². The molecule has 1 aliphatic heterocycles. The van der Waals surface area contributed by atoms with Crippen molar-refractivity contribution in [1.29, 1.82) is 0 Å². The molecule has 3 N–H and O–H groups in total. The van der Waals surface area contributed by atoms with E-state index in [1.165, 1.54) is 6.07 Å². The lowest BCUT2D eigenvalue weighted by Crippen LogP contribution is -2.39. The summed E-state index contributed by atoms with van der Waals surface area (Å²) in [5.74, 6) is 0.0260. The van der Waals surface area contributed by atoms with Crippen LogP contribution in [0.3, 0.4) is 0 Å². The molecule has 2 fully saturated rings. The number of sulfone groups is 1. The Morgan fingerprint density at radius 2 is 2.00 bits per heavy atom. The van der Waals surface area contributed by atoms with Crippen LogP contribution in [0.5, 0.6) is 0 Å². The van der Waals surface area contributed by atoms with Crippen LogP contribution in [-0.2, 0) is 9.84 Å². The van der Waals surface area contributed by atoms with Crippen molar-refractivity contribution in [3.05, 3.63) is 17.9 Å². The minimum atomic E-state index is -3.77. The van der Waals surface area contributed by atoms with Gasteiger partial charge in [0.05, 0.1) is 22.7 Å². The number of benzene rings is 1. The molecule has 1 aromatic carbocycles. The van der Waals surface area contributed by atoms with E-state index in [4.69, 9.17) is 0 Å². The molecule has 1 aliphatic carbocycles. The minimum absolute atomic E-state index is 0.0634. The highest BCUT2D eigenvalue weighted by molar-refractivity contribution is 7.90. The predicted molar refractivity (Wildman–Crippen MR) is 129 cm³/mol. The molecule has 0 radical (unpaired) electrons. The maximum Gasteiger partial charge on any atom is 0.411 e. The summed E-state index contributed by atoms with van der Waals surface area (Å²) in [5.41, 5.74) is 0.214. The van der Waals surface area contributed by atoms with Gasteiger partial charge in [-0.2, -0.15) is 4.98 Å². The Labute approximate surface area is 201 Å². The van der Waals surface area contributed by atoms with Crippen molar-refractivity contribution < 1.29 is 27.8 Å². The van der Waals surface area contributed by atoms with Crippen molar-refractivity contribution in [2.75, 3.05) is 35.7 Å². The third kappa shape index (κ3) is 4.08. The number of anilines is 2. The number of aromatic amines is 1. The lowest BCUT2D eigenvalue weighted by Gasteiger charge is -2.34. The van der Waals surface area contributed by atoms with E-state index in [2.05, 4.69) is 15.0 Å². The van der Waals surface area contributed by atoms with Crippen molar-refractivity contribution in [3.8, 4) is 0 Å². The van der Waals surface area contributed by atoms with Crippen LogP contribution < -0.4 is 9.80 Å². The van der Waals surface area contributed by atoms with E-state index in [0.29, 0.717) is 41.6 Å². The first-order chi connectivity index (χ1) is 16.2. The first kappa shape index (κ1) is 23.7. The van der Waals surface area contributed by atoms with E-state index in [1.54, 1.807) is 0 Å². The highest BCUT2D eigenvalue weighted by Crippen LogP contribution is 2.45. The summed E-state index contributed by atoms with van der Waals surface area (Å²) >= 11 is 0. The van der Waals surface area contributed by atoms with Crippen LogP contribution in [0.1, 0.15) is 27.2 Å². The number of rotatable bonds is 4. The Morgan fingerprint density at radius 1 is 1.29 bits per heavy atom. The van der Waals surface area contributed by atoms with E-state index < -0.39 is 33.3 Å². The average Bonchev–Trinajstić information content (AvgIpc) is 3.27. The van der Waals surface area contributed by atoms with Gasteiger partial charge in [0, 0.05) is 37.2 Å². The molecular weight excluding hydrogens is 477 g/mol. The fourth-order valence-electron chi connectivity index (χ4n) is 5.19. The number of aliphatic hydroxyl groups is 1. The number of carbonyl (C=O) groups is 1. The summed E-state index contributed by atoms with van der Waals surface area (Å²) in [5, 5.41) is 20.5. The lowest BCUT2D eigenvalue weighted by molar-refractivity contribution is -0.00399. The number of aliphatic hydroxyl groups excluding tert-OH is 1. The molecule has 3 heterocycles. The third-order valence-corrected chi connectivity index (χ3v) is 7.63. The first-order valence-electron chi connectivity index (χ1n) is 11.4. The van der Waals surface area contributed by atoms with E-state index in [-0.39, 0.29) is 34.9 Å². The maximum absolute atomic E-state index is 14.9. The van der Waals surface area contributed by atoms with Crippen molar-refractivity contribution >= 4 is 49.4 Å². The van der Waals surface area contributed by atoms with Crippen LogP contribution in [0.2, 0.25) is 0 Å². The van der Waals surface area contributed by atoms with Gasteiger partial charge in [-0.15, -0.1) is 0 Å². The summed E-state index contributed by atoms with van der Waals surface area (Å²) in [6.45, 7) is 6.81. The smallest absolute Gasteiger partial charge is 0.411 e. The van der Waals surface area contributed by atoms with Gasteiger partial charge in [-0.1, -0.05) is 20.8 Å². The number of aromatic nitrogens is 3. The molecule has 3 atom stereocenters. The van der Waals surface area contributed by atoms with Crippen LogP contribution in [-0.4, -0.2) is 71.7 Å². The van der Waals surface area contributed by atoms with Crippen molar-refractivity contribution in [2.24, 2.45) is 17.3 Å². The Bertz CT molecular complexity index is 1460. The SMILES string of the molecule is CC(C)(C)CN(C(=O)O)c1cc(F)cc2c1[nH]c1nc(S(C)(=O)=O)nc(N3CC4CC(O)C4C3)c12. The van der Waals surface area contributed by atoms with E-state index in [9.17, 15) is 27.8 Å². The summed E-state index contributed by atoms with van der Waals surface area (Å²) in [6, 6.07) is 2.43. The highest BCUT2D eigenvalue weighted by atomic mass is 32.2. The Balaban J connectivity index is 1.78. The van der Waals surface area contributed by atoms with Gasteiger partial charge in [0.2, 0.25) is 9.84 Å². The zero-order valence-corrected chi connectivity index (χ0v) is 20.7. The van der Waals surface area contributed by atoms with Gasteiger partial charge in [-0.25, -0.2) is 22.6 Å². The fraction of sp³-hybridized carbons (Fsp3) is 0.522. The second-order valence-corrected chi connectivity index (χ2v) is 12.8. The number of hydrogen-bond donors (Lipinski definition) is 3. The number of hydrogen-bond acceptors (Lipinski definition) is 7. The number of nitrogens with zero attached hydrogens (tertiary/aromatic N) is 4. The number of amides is 1. The van der Waals surface area contributed by atoms with Gasteiger partial charge in [0.25, 0.3) is 5.16 Å². The van der Waals surface area contributed by atoms with Gasteiger partial charge in [0.15, 0.2) is 0 Å². The number of carboxylic acid groups (broad SMARTS) is 1. The number of nitrogens with one attached hydrogen (secondary N) is 1. The zero-order chi connectivity index (χ0) is 25.4. The third-order valence-electron chi connectivity index (χ3n) is 6.78. The van der Waals surface area contributed by atoms with Gasteiger partial charge < -0.3 is 20.1 Å². The van der Waals surface area contributed by atoms with E-state index >= 15 is 0 Å². The van der Waals surface area contributed by atoms with Crippen molar-refractivity contribution in [1.82, 2.24) is 15.0 Å². The molecule has 5 rings (SSSR count). The number of halogens is 1. The molecule has 1 amide bonds. The molecule has 188 valence electrons. The molecule has 3 unspecified atom stereocenters. The van der Waals surface area contributed by atoms with Crippen LogP contribution in [0, 0.1) is 23.1 Å². The predicted octanol–water partition coefficient (Wildman–Crippen LogP) is 3.00. The largest absolute Gasteiger partial charge is 0.465 e. The topological polar surface area (TPSA) is 140 Å². The average molecular weight is 506 g/mol. The fourth-order valence-corrected chi connectivity index (χ4v) is 5.70. The van der Waals surface area contributed by atoms with Gasteiger partial charge >= 0.3 is 6.09 Å². The summed E-state index contributed by atoms with van der Waals surface area (Å²) in [6.07, 6.45) is 0.0314. The quantitative estimate of drug-likeness (QED) is 0.460. The Morgan fingerprint density at radius 3 is 2.57 bits per heavy atom. The lowest BCUT2D eigenvalue weighted by atomic mass is 9.74. The van der Waals surface area contributed by atoms with Crippen LogP contribution >= 0.6 is 0 Å². The second-order valence-electron chi connectivity index (χ2n) is 10.9. The van der Waals surface area contributed by atoms with Gasteiger partial charge in [-0.05, 0) is 29.9 Å². The number of fused-ring (bicyclic) bond motifs is 4. The van der Waals surface area contributed by atoms with Crippen molar-refractivity contribution in [2.45, 2.75) is 38.5 Å². The van der Waals surface area contributed by atoms with Crippen molar-refractivity contribution in [3.63, 3.8) is 0 Å². The van der Waals surface area contributed by atoms with Crippen LogP contribution in [0.15, 0.2) is 17.3 Å². The van der Waals surface area contributed by atoms with Gasteiger partial charge in [-0.3, -0.25) is 4.90 Å². The molecule has 1 saturated heterocycles. The molecule has 0 spiro atoms. The highest BCUT2D eigenvalue weighted by Gasteiger charge is 2.47. The molecule has 1 saturated carbocycles. The Kier molecular flexibility index (Phi) is 5.26. The number of H-pyrrole nitrogens is 1. The summed E-state index contributed by atoms with van der Waals surface area (Å²) < 4.78 is 39.7. The molecule has 2 aliphatic rings. The first-order valence-corrected chi connectivity index (χ1v) is 13.3. The zero-order valence-electron chi connectivity index (χ0n) is 19.9. The van der Waals surface area contributed by atoms with Crippen LogP contribution in [0.25, 0.3) is 21.9 Å². The molecule has 0 bridgehead atoms. The normalized spacial score (nSPS) is 22.5. The minimum Gasteiger partial charge on any atom is -0.465 e. The molecule has 35 heavy (non-hydrogen) atoms. The maximum atomic E-state index is 14.9. The standard InChI is InChI=1S/C23H28FN5O5S/c1-23(2,3)10-29(22(31)32)15-7-12(24)6-13-17-19(25-18(13)15)26-21(35(4,33)34)27-20(17)28-8-11-5-16(30)14(11)9-28/h6-7,11,14,16,30H,5,8-10H2,1-4H3,(H,31,32)(H,25,26,27). The summed E-state index contributed by atoms with van der Waals surface area (Å²) in [4.78, 5) is 26.8. The molecule has 10 nitrogen and oxygen atoms in total. The summed E-state index contributed by atoms with van der Waals surface area (Å²) in [7, 11) is -3.77. The van der Waals surface area contributed by atoms with E-state index in [1.807, 2.05) is 25.7 Å². The monoisotopic (exact) mass is 505 g/mol. The molecule has 12 heteroatoms. The molecular formula is C23H28FN5O5S. The van der Waals surface area contributed by atoms with E-state index in [0.717, 1.165) is 17.2 Å². The second kappa shape index (κ2) is 7.76.